The van der Waals surface area contributed by atoms with Gasteiger partial charge in [-0.25, -0.2) is 4.39 Å². The Morgan fingerprint density at radius 1 is 1.30 bits per heavy atom. The number of hydrogen-bond donors (Lipinski definition) is 1. The van der Waals surface area contributed by atoms with Crippen LogP contribution in [0.15, 0.2) is 18.5 Å². The van der Waals surface area contributed by atoms with Gasteiger partial charge in [0.25, 0.3) is 0 Å². The second kappa shape index (κ2) is 7.70. The summed E-state index contributed by atoms with van der Waals surface area (Å²) in [6, 6.07) is 2.88. The molecule has 20 heavy (non-hydrogen) atoms. The van der Waals surface area contributed by atoms with E-state index in [1.807, 2.05) is 0 Å². The Hall–Kier alpha value is -1.00. The van der Waals surface area contributed by atoms with Crippen LogP contribution in [0.5, 0.6) is 0 Å². The van der Waals surface area contributed by atoms with Crippen LogP contribution in [-0.4, -0.2) is 35.6 Å². The van der Waals surface area contributed by atoms with Crippen molar-refractivity contribution in [2.24, 2.45) is 0 Å². The van der Waals surface area contributed by atoms with Gasteiger partial charge in [-0.15, -0.1) is 0 Å². The molecule has 1 aromatic heterocycles. The highest BCUT2D eigenvalue weighted by Gasteiger charge is 2.23. The van der Waals surface area contributed by atoms with Gasteiger partial charge in [-0.1, -0.05) is 6.92 Å². The minimum atomic E-state index is -0.247. The molecule has 4 heteroatoms. The molecule has 1 heterocycles. The highest BCUT2D eigenvalue weighted by molar-refractivity contribution is 5.10. The summed E-state index contributed by atoms with van der Waals surface area (Å²) in [4.78, 5) is 6.26. The largest absolute Gasteiger partial charge is 0.314 e. The maximum absolute atomic E-state index is 13.1. The fourth-order valence-electron chi connectivity index (χ4n) is 3.03. The van der Waals surface area contributed by atoms with Gasteiger partial charge in [-0.2, -0.15) is 0 Å². The van der Waals surface area contributed by atoms with Crippen molar-refractivity contribution in [2.75, 3.05) is 13.6 Å². The Labute approximate surface area is 121 Å². The van der Waals surface area contributed by atoms with E-state index >= 15 is 0 Å². The van der Waals surface area contributed by atoms with Crippen LogP contribution in [0.1, 0.15) is 44.6 Å². The second-order valence-electron chi connectivity index (χ2n) is 5.89. The van der Waals surface area contributed by atoms with Crippen molar-refractivity contribution >= 4 is 0 Å². The summed E-state index contributed by atoms with van der Waals surface area (Å²) in [5.74, 6) is -0.247. The van der Waals surface area contributed by atoms with Crippen molar-refractivity contribution < 1.29 is 4.39 Å². The summed E-state index contributed by atoms with van der Waals surface area (Å²) < 4.78 is 13.1. The Kier molecular flexibility index (Phi) is 5.92. The fraction of sp³-hybridized carbons (Fsp3) is 0.688. The van der Waals surface area contributed by atoms with E-state index in [4.69, 9.17) is 0 Å². The first kappa shape index (κ1) is 15.4. The Balaban J connectivity index is 1.78. The molecule has 1 saturated carbocycles. The summed E-state index contributed by atoms with van der Waals surface area (Å²) in [5, 5.41) is 3.61. The SMILES string of the molecule is CCCNC1CCC(N(C)Cc2cncc(F)c2)CC1. The number of rotatable bonds is 6. The fourth-order valence-corrected chi connectivity index (χ4v) is 3.03. The van der Waals surface area contributed by atoms with Crippen LogP contribution in [-0.2, 0) is 6.54 Å². The van der Waals surface area contributed by atoms with Gasteiger partial charge in [-0.3, -0.25) is 9.88 Å². The molecule has 0 saturated heterocycles. The third-order valence-electron chi connectivity index (χ3n) is 4.20. The van der Waals surface area contributed by atoms with Crippen molar-refractivity contribution in [1.82, 2.24) is 15.2 Å². The van der Waals surface area contributed by atoms with Crippen molar-refractivity contribution in [2.45, 2.75) is 57.7 Å². The van der Waals surface area contributed by atoms with Gasteiger partial charge in [0.15, 0.2) is 0 Å². The van der Waals surface area contributed by atoms with E-state index in [2.05, 4.69) is 29.2 Å². The number of hydrogen-bond acceptors (Lipinski definition) is 3. The molecule has 0 spiro atoms. The molecule has 1 fully saturated rings. The number of aromatic nitrogens is 1. The van der Waals surface area contributed by atoms with Crippen molar-refractivity contribution in [3.8, 4) is 0 Å². The highest BCUT2D eigenvalue weighted by Crippen LogP contribution is 2.23. The molecule has 0 unspecified atom stereocenters. The minimum Gasteiger partial charge on any atom is -0.314 e. The number of nitrogens with one attached hydrogen (secondary N) is 1. The van der Waals surface area contributed by atoms with E-state index in [1.54, 1.807) is 12.3 Å². The third-order valence-corrected chi connectivity index (χ3v) is 4.20. The van der Waals surface area contributed by atoms with Gasteiger partial charge >= 0.3 is 0 Å². The summed E-state index contributed by atoms with van der Waals surface area (Å²) in [6.07, 6.45) is 9.16. The molecule has 0 bridgehead atoms. The number of nitrogens with zero attached hydrogens (tertiary/aromatic N) is 2. The molecular formula is C16H26FN3. The lowest BCUT2D eigenvalue weighted by atomic mass is 9.90. The minimum absolute atomic E-state index is 0.247. The summed E-state index contributed by atoms with van der Waals surface area (Å²) in [7, 11) is 2.13. The molecule has 1 N–H and O–H groups in total. The molecule has 1 aromatic rings. The van der Waals surface area contributed by atoms with Crippen LogP contribution in [0.25, 0.3) is 0 Å². The van der Waals surface area contributed by atoms with Crippen LogP contribution in [0.3, 0.4) is 0 Å². The van der Waals surface area contributed by atoms with Crippen LogP contribution >= 0.6 is 0 Å². The first-order valence-electron chi connectivity index (χ1n) is 7.72. The van der Waals surface area contributed by atoms with Crippen molar-refractivity contribution in [3.63, 3.8) is 0 Å². The lowest BCUT2D eigenvalue weighted by Gasteiger charge is -2.35. The molecule has 0 aromatic carbocycles. The summed E-state index contributed by atoms with van der Waals surface area (Å²) in [6.45, 7) is 4.11. The van der Waals surface area contributed by atoms with Crippen LogP contribution < -0.4 is 5.32 Å². The van der Waals surface area contributed by atoms with Gasteiger partial charge in [-0.05, 0) is 57.3 Å². The first-order chi connectivity index (χ1) is 9.69. The quantitative estimate of drug-likeness (QED) is 0.867. The number of pyridine rings is 1. The van der Waals surface area contributed by atoms with E-state index in [0.29, 0.717) is 12.1 Å². The third kappa shape index (κ3) is 4.53. The zero-order valence-electron chi connectivity index (χ0n) is 12.6. The Bertz CT molecular complexity index is 402. The van der Waals surface area contributed by atoms with Crippen molar-refractivity contribution in [3.05, 3.63) is 29.8 Å². The lowest BCUT2D eigenvalue weighted by molar-refractivity contribution is 0.167. The zero-order chi connectivity index (χ0) is 14.4. The van der Waals surface area contributed by atoms with Crippen molar-refractivity contribution in [1.29, 1.82) is 0 Å². The topological polar surface area (TPSA) is 28.2 Å². The Morgan fingerprint density at radius 3 is 2.70 bits per heavy atom. The van der Waals surface area contributed by atoms with Crippen LogP contribution in [0.2, 0.25) is 0 Å². The van der Waals surface area contributed by atoms with E-state index in [1.165, 1.54) is 38.3 Å². The molecule has 2 rings (SSSR count). The monoisotopic (exact) mass is 279 g/mol. The van der Waals surface area contributed by atoms with Crippen LogP contribution in [0, 0.1) is 5.82 Å². The summed E-state index contributed by atoms with van der Waals surface area (Å²) in [5.41, 5.74) is 0.957. The van der Waals surface area contributed by atoms with Crippen LogP contribution in [0.4, 0.5) is 4.39 Å². The smallest absolute Gasteiger partial charge is 0.141 e. The van der Waals surface area contributed by atoms with Gasteiger partial charge in [0, 0.05) is 24.8 Å². The van der Waals surface area contributed by atoms with Gasteiger partial charge < -0.3 is 5.32 Å². The molecule has 0 atom stereocenters. The average Bonchev–Trinajstić information content (AvgIpc) is 2.45. The highest BCUT2D eigenvalue weighted by atomic mass is 19.1. The molecule has 0 radical (unpaired) electrons. The molecule has 1 aliphatic carbocycles. The van der Waals surface area contributed by atoms with E-state index in [9.17, 15) is 4.39 Å². The molecule has 0 aliphatic heterocycles. The lowest BCUT2D eigenvalue weighted by Crippen LogP contribution is -2.40. The Morgan fingerprint density at radius 2 is 2.05 bits per heavy atom. The maximum atomic E-state index is 13.1. The predicted molar refractivity (Wildman–Crippen MR) is 80.0 cm³/mol. The van der Waals surface area contributed by atoms with Gasteiger partial charge in [0.2, 0.25) is 0 Å². The first-order valence-corrected chi connectivity index (χ1v) is 7.72. The maximum Gasteiger partial charge on any atom is 0.141 e. The average molecular weight is 279 g/mol. The molecule has 3 nitrogen and oxygen atoms in total. The zero-order valence-corrected chi connectivity index (χ0v) is 12.6. The molecule has 112 valence electrons. The number of halogens is 1. The van der Waals surface area contributed by atoms with Gasteiger partial charge in [0.1, 0.15) is 5.82 Å². The standard InChI is InChI=1S/C16H26FN3/c1-3-8-19-15-4-6-16(7-5-15)20(2)12-13-9-14(17)11-18-10-13/h9-11,15-16,19H,3-8,12H2,1-2H3. The van der Waals surface area contributed by atoms with E-state index in [0.717, 1.165) is 18.7 Å². The summed E-state index contributed by atoms with van der Waals surface area (Å²) >= 11 is 0. The molecular weight excluding hydrogens is 253 g/mol. The molecule has 1 aliphatic rings. The normalized spacial score (nSPS) is 23.2. The second-order valence-corrected chi connectivity index (χ2v) is 5.89. The van der Waals surface area contributed by atoms with E-state index in [-0.39, 0.29) is 5.82 Å². The van der Waals surface area contributed by atoms with Gasteiger partial charge in [0.05, 0.1) is 6.20 Å². The van der Waals surface area contributed by atoms with E-state index < -0.39 is 0 Å². The predicted octanol–water partition coefficient (Wildman–Crippen LogP) is 2.96. The molecule has 0 amide bonds.